The molecule has 0 aliphatic carbocycles. The summed E-state index contributed by atoms with van der Waals surface area (Å²) >= 11 is 0. The van der Waals surface area contributed by atoms with Crippen LogP contribution in [-0.4, -0.2) is 45.6 Å². The van der Waals surface area contributed by atoms with E-state index in [-0.39, 0.29) is 6.04 Å². The highest BCUT2D eigenvalue weighted by Crippen LogP contribution is 2.22. The Balaban J connectivity index is 1.66. The number of aromatic nitrogens is 3. The van der Waals surface area contributed by atoms with E-state index in [1.807, 2.05) is 22.6 Å². The van der Waals surface area contributed by atoms with E-state index in [1.165, 1.54) is 0 Å². The molecule has 3 aromatic rings. The highest BCUT2D eigenvalue weighted by Gasteiger charge is 2.26. The average Bonchev–Trinajstić information content (AvgIpc) is 3.21. The Morgan fingerprint density at radius 2 is 2.24 bits per heavy atom. The van der Waals surface area contributed by atoms with Crippen LogP contribution >= 0.6 is 0 Å². The van der Waals surface area contributed by atoms with Crippen molar-refractivity contribution in [3.05, 3.63) is 48.3 Å². The lowest BCUT2D eigenvalue weighted by molar-refractivity contribution is 0.100. The second-order valence-corrected chi connectivity index (χ2v) is 5.98. The number of halogens is 1. The molecule has 1 saturated heterocycles. The normalized spacial score (nSPS) is 20.0. The van der Waals surface area contributed by atoms with Crippen molar-refractivity contribution in [2.45, 2.75) is 12.2 Å². The first-order chi connectivity index (χ1) is 12.1. The van der Waals surface area contributed by atoms with Gasteiger partial charge in [0.1, 0.15) is 17.6 Å². The average molecular weight is 340 g/mol. The first-order valence-corrected chi connectivity index (χ1v) is 7.97. The quantitative estimate of drug-likeness (QED) is 0.663. The van der Waals surface area contributed by atoms with Crippen LogP contribution in [0.1, 0.15) is 10.4 Å². The third-order valence-electron chi connectivity index (χ3n) is 4.28. The zero-order valence-corrected chi connectivity index (χ0v) is 13.3. The summed E-state index contributed by atoms with van der Waals surface area (Å²) in [5.74, 6) is 0.111. The van der Waals surface area contributed by atoms with E-state index in [0.29, 0.717) is 35.8 Å². The lowest BCUT2D eigenvalue weighted by Crippen LogP contribution is -2.29. The number of pyridine rings is 2. The molecule has 2 atom stereocenters. The molecule has 0 spiro atoms. The van der Waals surface area contributed by atoms with Crippen molar-refractivity contribution in [3.63, 3.8) is 0 Å². The molecule has 2 unspecified atom stereocenters. The van der Waals surface area contributed by atoms with Crippen LogP contribution < -0.4 is 16.4 Å². The third-order valence-corrected chi connectivity index (χ3v) is 4.28. The molecule has 7 nitrogen and oxygen atoms in total. The van der Waals surface area contributed by atoms with Gasteiger partial charge in [-0.05, 0) is 24.3 Å². The Morgan fingerprint density at radius 3 is 3.00 bits per heavy atom. The molecule has 4 rings (SSSR count). The van der Waals surface area contributed by atoms with Gasteiger partial charge >= 0.3 is 0 Å². The van der Waals surface area contributed by atoms with Gasteiger partial charge in [0, 0.05) is 24.8 Å². The molecule has 1 aliphatic rings. The van der Waals surface area contributed by atoms with Crippen molar-refractivity contribution < 1.29 is 9.18 Å². The summed E-state index contributed by atoms with van der Waals surface area (Å²) in [6.07, 6.45) is 2.48. The van der Waals surface area contributed by atoms with E-state index in [1.54, 1.807) is 24.5 Å². The zero-order chi connectivity index (χ0) is 17.4. The molecule has 4 heterocycles. The molecule has 128 valence electrons. The van der Waals surface area contributed by atoms with Crippen molar-refractivity contribution in [2.75, 3.05) is 18.4 Å². The molecule has 0 aromatic carbocycles. The van der Waals surface area contributed by atoms with Crippen LogP contribution in [0, 0.1) is 0 Å². The highest BCUT2D eigenvalue weighted by molar-refractivity contribution is 5.93. The van der Waals surface area contributed by atoms with Gasteiger partial charge in [-0.15, -0.1) is 0 Å². The number of nitrogens with one attached hydrogen (secondary N) is 2. The number of imidazole rings is 1. The van der Waals surface area contributed by atoms with E-state index in [4.69, 9.17) is 5.73 Å². The smallest absolute Gasteiger partial charge is 0.248 e. The van der Waals surface area contributed by atoms with Crippen molar-refractivity contribution in [1.82, 2.24) is 19.7 Å². The number of amides is 1. The van der Waals surface area contributed by atoms with Gasteiger partial charge in [-0.2, -0.15) is 0 Å². The summed E-state index contributed by atoms with van der Waals surface area (Å²) in [7, 11) is 0. The summed E-state index contributed by atoms with van der Waals surface area (Å²) in [5, 5.41) is 6.13. The molecule has 25 heavy (non-hydrogen) atoms. The van der Waals surface area contributed by atoms with E-state index in [9.17, 15) is 9.18 Å². The van der Waals surface area contributed by atoms with Gasteiger partial charge in [0.2, 0.25) is 5.91 Å². The van der Waals surface area contributed by atoms with E-state index in [2.05, 4.69) is 20.6 Å². The minimum absolute atomic E-state index is 0.289. The summed E-state index contributed by atoms with van der Waals surface area (Å²) in [4.78, 5) is 20.2. The lowest BCUT2D eigenvalue weighted by Gasteiger charge is -2.15. The van der Waals surface area contributed by atoms with Crippen molar-refractivity contribution in [1.29, 1.82) is 0 Å². The third kappa shape index (κ3) is 2.91. The molecule has 0 radical (unpaired) electrons. The standard InChI is InChI=1S/C17H17FN6O/c18-11-7-20-8-13(11)23-15-3-1-2-12(22-15)14-9-21-16-6-10(17(19)25)4-5-24(14)16/h1-6,9,11,13,20H,7-8H2,(H2,19,25)(H,22,23). The van der Waals surface area contributed by atoms with Crippen LogP contribution in [0.3, 0.4) is 0 Å². The Hall–Kier alpha value is -3.00. The Bertz CT molecular complexity index is 940. The fourth-order valence-electron chi connectivity index (χ4n) is 2.96. The number of nitrogens with zero attached hydrogens (tertiary/aromatic N) is 3. The van der Waals surface area contributed by atoms with Crippen LogP contribution in [0.2, 0.25) is 0 Å². The molecule has 1 aliphatic heterocycles. The van der Waals surface area contributed by atoms with Gasteiger partial charge in [0.05, 0.1) is 23.6 Å². The summed E-state index contributed by atoms with van der Waals surface area (Å²) < 4.78 is 15.6. The second-order valence-electron chi connectivity index (χ2n) is 5.98. The molecule has 1 amide bonds. The Morgan fingerprint density at radius 1 is 1.36 bits per heavy atom. The van der Waals surface area contributed by atoms with Gasteiger partial charge < -0.3 is 16.4 Å². The van der Waals surface area contributed by atoms with Gasteiger partial charge in [0.15, 0.2) is 0 Å². The minimum atomic E-state index is -0.937. The molecule has 3 aromatic heterocycles. The monoisotopic (exact) mass is 340 g/mol. The van der Waals surface area contributed by atoms with Crippen molar-refractivity contribution in [2.24, 2.45) is 5.73 Å². The molecule has 4 N–H and O–H groups in total. The van der Waals surface area contributed by atoms with E-state index < -0.39 is 12.1 Å². The van der Waals surface area contributed by atoms with Gasteiger partial charge in [-0.25, -0.2) is 14.4 Å². The topological polar surface area (TPSA) is 97.3 Å². The van der Waals surface area contributed by atoms with Crippen LogP contribution in [0.5, 0.6) is 0 Å². The fraction of sp³-hybridized carbons (Fsp3) is 0.235. The predicted molar refractivity (Wildman–Crippen MR) is 92.1 cm³/mol. The number of nitrogens with two attached hydrogens (primary N) is 1. The zero-order valence-electron chi connectivity index (χ0n) is 13.3. The lowest BCUT2D eigenvalue weighted by atomic mass is 10.2. The summed E-state index contributed by atoms with van der Waals surface area (Å²) in [5.41, 5.74) is 7.78. The number of rotatable bonds is 4. The summed E-state index contributed by atoms with van der Waals surface area (Å²) in [6.45, 7) is 0.922. The minimum Gasteiger partial charge on any atom is -0.366 e. The van der Waals surface area contributed by atoms with Crippen LogP contribution in [0.25, 0.3) is 17.0 Å². The van der Waals surface area contributed by atoms with Crippen molar-refractivity contribution >= 4 is 17.4 Å². The van der Waals surface area contributed by atoms with Gasteiger partial charge in [-0.1, -0.05) is 6.07 Å². The number of hydrogen-bond donors (Lipinski definition) is 3. The maximum atomic E-state index is 13.8. The summed E-state index contributed by atoms with van der Waals surface area (Å²) in [6, 6.07) is 8.51. The SMILES string of the molecule is NC(=O)c1ccn2c(-c3cccc(NC4CNCC4F)n3)cnc2c1. The van der Waals surface area contributed by atoms with Gasteiger partial charge in [-0.3, -0.25) is 9.20 Å². The first-order valence-electron chi connectivity index (χ1n) is 7.97. The first kappa shape index (κ1) is 15.5. The van der Waals surface area contributed by atoms with Crippen LogP contribution in [-0.2, 0) is 0 Å². The van der Waals surface area contributed by atoms with Gasteiger partial charge in [0.25, 0.3) is 0 Å². The Kier molecular flexibility index (Phi) is 3.81. The molecule has 8 heteroatoms. The number of anilines is 1. The molecule has 0 saturated carbocycles. The van der Waals surface area contributed by atoms with Crippen LogP contribution in [0.15, 0.2) is 42.7 Å². The molecule has 0 bridgehead atoms. The molecular weight excluding hydrogens is 323 g/mol. The van der Waals surface area contributed by atoms with E-state index in [0.717, 1.165) is 5.69 Å². The highest BCUT2D eigenvalue weighted by atomic mass is 19.1. The fourth-order valence-corrected chi connectivity index (χ4v) is 2.96. The van der Waals surface area contributed by atoms with Crippen LogP contribution in [0.4, 0.5) is 10.2 Å². The Labute approximate surface area is 143 Å². The number of alkyl halides is 1. The number of carbonyl (C=O) groups excluding carboxylic acids is 1. The second kappa shape index (κ2) is 6.14. The maximum absolute atomic E-state index is 13.8. The maximum Gasteiger partial charge on any atom is 0.248 e. The molecule has 1 fully saturated rings. The van der Waals surface area contributed by atoms with E-state index >= 15 is 0 Å². The number of fused-ring (bicyclic) bond motifs is 1. The number of primary amides is 1. The molecular formula is C17H17FN6O. The number of hydrogen-bond acceptors (Lipinski definition) is 5. The van der Waals surface area contributed by atoms with Crippen molar-refractivity contribution in [3.8, 4) is 11.4 Å². The predicted octanol–water partition coefficient (Wildman–Crippen LogP) is 1.22. The number of carbonyl (C=O) groups is 1. The largest absolute Gasteiger partial charge is 0.366 e.